The van der Waals surface area contributed by atoms with Gasteiger partial charge in [0.15, 0.2) is 0 Å². The molecule has 17 heavy (non-hydrogen) atoms. The lowest BCUT2D eigenvalue weighted by atomic mass is 10.3. The van der Waals surface area contributed by atoms with Crippen molar-refractivity contribution >= 4 is 17.3 Å². The van der Waals surface area contributed by atoms with Gasteiger partial charge in [-0.3, -0.25) is 0 Å². The summed E-state index contributed by atoms with van der Waals surface area (Å²) < 4.78 is 1.67. The lowest BCUT2D eigenvalue weighted by Gasteiger charge is -1.93. The first-order valence-electron chi connectivity index (χ1n) is 5.10. The molecule has 2 aromatic rings. The van der Waals surface area contributed by atoms with Crippen LogP contribution in [-0.4, -0.2) is 21.9 Å². The highest BCUT2D eigenvalue weighted by molar-refractivity contribution is 5.47. The molecule has 88 valence electrons. The third kappa shape index (κ3) is 2.85. The molecule has 2 rings (SSSR count). The summed E-state index contributed by atoms with van der Waals surface area (Å²) in [6.45, 7) is 0.446. The van der Waals surface area contributed by atoms with Gasteiger partial charge in [0.05, 0.1) is 18.8 Å². The molecule has 0 fully saturated rings. The van der Waals surface area contributed by atoms with Gasteiger partial charge in [0, 0.05) is 10.8 Å². The minimum absolute atomic E-state index is 0.0224. The maximum atomic E-state index is 8.83. The molecule has 0 atom stereocenters. The van der Waals surface area contributed by atoms with Crippen molar-refractivity contribution in [2.24, 2.45) is 10.2 Å². The largest absolute Gasteiger partial charge is 0.401 e. The van der Waals surface area contributed by atoms with Gasteiger partial charge in [-0.25, -0.2) is 4.57 Å². The van der Waals surface area contributed by atoms with Crippen molar-refractivity contribution in [3.63, 3.8) is 0 Å². The highest BCUT2D eigenvalue weighted by atomic mass is 16.3. The van der Waals surface area contributed by atoms with Crippen LogP contribution in [0.3, 0.4) is 0 Å². The van der Waals surface area contributed by atoms with Crippen LogP contribution in [0, 0.1) is 0 Å². The molecule has 0 saturated carbocycles. The van der Waals surface area contributed by atoms with E-state index in [1.54, 1.807) is 35.2 Å². The number of hydrogen-bond acceptors (Lipinski definition) is 5. The Morgan fingerprint density at radius 2 is 2.06 bits per heavy atom. The summed E-state index contributed by atoms with van der Waals surface area (Å²) in [6, 6.07) is 7.04. The van der Waals surface area contributed by atoms with E-state index in [1.165, 1.54) is 0 Å². The molecule has 7 nitrogen and oxygen atoms in total. The fraction of sp³-hybridized carbons (Fsp3) is 0.200. The second-order valence-corrected chi connectivity index (χ2v) is 3.39. The Labute approximate surface area is 97.6 Å². The number of nitrogens with two attached hydrogens (primary N) is 1. The monoisotopic (exact) mass is 233 g/mol. The normalized spacial score (nSPS) is 11.1. The van der Waals surface area contributed by atoms with Crippen molar-refractivity contribution in [1.29, 1.82) is 0 Å². The van der Waals surface area contributed by atoms with Gasteiger partial charge in [-0.05, 0) is 29.4 Å². The molecule has 0 radical (unpaired) electrons. The summed E-state index contributed by atoms with van der Waals surface area (Å²) >= 11 is 0. The number of anilines is 1. The number of aromatic nitrogens is 3. The van der Waals surface area contributed by atoms with E-state index in [0.29, 0.717) is 23.9 Å². The zero-order chi connectivity index (χ0) is 12.1. The van der Waals surface area contributed by atoms with Gasteiger partial charge in [-0.2, -0.15) is 0 Å². The molecule has 0 bridgehead atoms. The minimum Gasteiger partial charge on any atom is -0.399 e. The van der Waals surface area contributed by atoms with Gasteiger partial charge in [-0.15, -0.1) is 5.10 Å². The Bertz CT molecular complexity index is 504. The van der Waals surface area contributed by atoms with Gasteiger partial charge in [0.2, 0.25) is 6.33 Å². The van der Waals surface area contributed by atoms with Gasteiger partial charge < -0.3 is 10.8 Å². The van der Waals surface area contributed by atoms with E-state index in [-0.39, 0.29) is 6.61 Å². The molecular formula is C10H13N6O+. The molecule has 0 aliphatic carbocycles. The second kappa shape index (κ2) is 5.17. The fourth-order valence-electron chi connectivity index (χ4n) is 1.27. The van der Waals surface area contributed by atoms with Crippen molar-refractivity contribution in [3.8, 4) is 0 Å². The standard InChI is InChI=1S/C10H12N6O/c11-8-1-3-9(4-2-8)13-15-10-14-12-7-16(10)5-6-17/h1-4,7,17H,5-6H2,(H2,11,14,15)/p+1. The van der Waals surface area contributed by atoms with Crippen LogP contribution in [0.15, 0.2) is 40.8 Å². The lowest BCUT2D eigenvalue weighted by molar-refractivity contribution is -0.685. The maximum Gasteiger partial charge on any atom is 0.401 e. The van der Waals surface area contributed by atoms with E-state index in [4.69, 9.17) is 10.8 Å². The fourth-order valence-corrected chi connectivity index (χ4v) is 1.27. The Morgan fingerprint density at radius 3 is 2.76 bits per heavy atom. The molecule has 1 aromatic heterocycles. The zero-order valence-electron chi connectivity index (χ0n) is 9.11. The van der Waals surface area contributed by atoms with Gasteiger partial charge in [-0.1, -0.05) is 5.11 Å². The average Bonchev–Trinajstić information content (AvgIpc) is 2.77. The number of rotatable bonds is 4. The number of aromatic amines is 1. The number of hydrogen-bond donors (Lipinski definition) is 3. The van der Waals surface area contributed by atoms with Crippen LogP contribution in [0.5, 0.6) is 0 Å². The molecule has 4 N–H and O–H groups in total. The number of benzene rings is 1. The SMILES string of the molecule is Nc1ccc(N=Nc2[nH]nc[n+]2CCO)cc1. The Kier molecular flexibility index (Phi) is 3.41. The number of azo groups is 1. The number of aliphatic hydroxyl groups excluding tert-OH is 1. The summed E-state index contributed by atoms with van der Waals surface area (Å²) in [7, 11) is 0. The summed E-state index contributed by atoms with van der Waals surface area (Å²) in [6.07, 6.45) is 1.55. The number of nitrogens with one attached hydrogen (secondary N) is 1. The van der Waals surface area contributed by atoms with Crippen molar-refractivity contribution in [2.45, 2.75) is 6.54 Å². The first-order chi connectivity index (χ1) is 8.29. The summed E-state index contributed by atoms with van der Waals surface area (Å²) in [4.78, 5) is 0. The maximum absolute atomic E-state index is 8.83. The van der Waals surface area contributed by atoms with Crippen LogP contribution in [-0.2, 0) is 6.54 Å². The predicted molar refractivity (Wildman–Crippen MR) is 60.9 cm³/mol. The molecule has 1 aromatic carbocycles. The third-order valence-corrected chi connectivity index (χ3v) is 2.13. The van der Waals surface area contributed by atoms with Crippen LogP contribution in [0.2, 0.25) is 0 Å². The second-order valence-electron chi connectivity index (χ2n) is 3.39. The quantitative estimate of drug-likeness (QED) is 0.411. The van der Waals surface area contributed by atoms with Crippen LogP contribution in [0.4, 0.5) is 17.3 Å². The minimum atomic E-state index is 0.0224. The molecule has 0 aliphatic heterocycles. The Morgan fingerprint density at radius 1 is 1.29 bits per heavy atom. The van der Waals surface area contributed by atoms with Gasteiger partial charge >= 0.3 is 5.95 Å². The van der Waals surface area contributed by atoms with Crippen LogP contribution in [0.25, 0.3) is 0 Å². The molecule has 7 heteroatoms. The number of nitrogen functional groups attached to an aromatic ring is 1. The molecule has 0 spiro atoms. The average molecular weight is 233 g/mol. The molecular weight excluding hydrogens is 220 g/mol. The smallest absolute Gasteiger partial charge is 0.399 e. The number of nitrogens with zero attached hydrogens (tertiary/aromatic N) is 4. The zero-order valence-corrected chi connectivity index (χ0v) is 9.11. The topological polar surface area (TPSA) is 104 Å². The summed E-state index contributed by atoms with van der Waals surface area (Å²) in [5, 5.41) is 23.4. The van der Waals surface area contributed by atoms with E-state index in [0.717, 1.165) is 0 Å². The molecule has 0 saturated heterocycles. The first kappa shape index (κ1) is 11.2. The summed E-state index contributed by atoms with van der Waals surface area (Å²) in [5.41, 5.74) is 6.94. The van der Waals surface area contributed by atoms with E-state index in [9.17, 15) is 0 Å². The highest BCUT2D eigenvalue weighted by Gasteiger charge is 2.09. The number of aliphatic hydroxyl groups is 1. The Hall–Kier alpha value is -2.28. The van der Waals surface area contributed by atoms with E-state index < -0.39 is 0 Å². The van der Waals surface area contributed by atoms with E-state index >= 15 is 0 Å². The third-order valence-electron chi connectivity index (χ3n) is 2.13. The predicted octanol–water partition coefficient (Wildman–Crippen LogP) is 0.687. The molecule has 0 aliphatic rings. The highest BCUT2D eigenvalue weighted by Crippen LogP contribution is 2.15. The van der Waals surface area contributed by atoms with E-state index in [1.807, 2.05) is 0 Å². The van der Waals surface area contributed by atoms with Gasteiger partial charge in [0.25, 0.3) is 0 Å². The summed E-state index contributed by atoms with van der Waals surface area (Å²) in [5.74, 6) is 0.482. The van der Waals surface area contributed by atoms with Crippen LogP contribution >= 0.6 is 0 Å². The molecule has 1 heterocycles. The van der Waals surface area contributed by atoms with Crippen LogP contribution < -0.4 is 10.3 Å². The van der Waals surface area contributed by atoms with Gasteiger partial charge in [0.1, 0.15) is 0 Å². The van der Waals surface area contributed by atoms with Crippen molar-refractivity contribution < 1.29 is 9.67 Å². The Balaban J connectivity index is 2.14. The van der Waals surface area contributed by atoms with Crippen molar-refractivity contribution in [1.82, 2.24) is 10.2 Å². The lowest BCUT2D eigenvalue weighted by Crippen LogP contribution is -2.33. The van der Waals surface area contributed by atoms with Crippen molar-refractivity contribution in [3.05, 3.63) is 30.6 Å². The van der Waals surface area contributed by atoms with Crippen LogP contribution in [0.1, 0.15) is 0 Å². The number of H-pyrrole nitrogens is 1. The molecule has 0 amide bonds. The molecule has 0 unspecified atom stereocenters. The van der Waals surface area contributed by atoms with Crippen molar-refractivity contribution in [2.75, 3.05) is 12.3 Å². The van der Waals surface area contributed by atoms with E-state index in [2.05, 4.69) is 20.4 Å². The first-order valence-corrected chi connectivity index (χ1v) is 5.10.